The van der Waals surface area contributed by atoms with Crippen LogP contribution in [0.3, 0.4) is 0 Å². The number of unbranched alkanes of at least 4 members (excludes halogenated alkanes) is 9. The molecule has 0 spiro atoms. The van der Waals surface area contributed by atoms with Crippen molar-refractivity contribution >= 4 is 11.8 Å². The summed E-state index contributed by atoms with van der Waals surface area (Å²) < 4.78 is 0. The van der Waals surface area contributed by atoms with E-state index < -0.39 is 5.97 Å². The van der Waals surface area contributed by atoms with Crippen LogP contribution in [0.25, 0.3) is 0 Å². The minimum atomic E-state index is -0.644. The fourth-order valence-corrected chi connectivity index (χ4v) is 4.06. The second-order valence-corrected chi connectivity index (χ2v) is 10.2. The lowest BCUT2D eigenvalue weighted by atomic mass is 9.76. The van der Waals surface area contributed by atoms with Crippen molar-refractivity contribution in [2.75, 3.05) is 0 Å². The summed E-state index contributed by atoms with van der Waals surface area (Å²) in [7, 11) is 0. The van der Waals surface area contributed by atoms with E-state index in [0.29, 0.717) is 12.2 Å². The smallest absolute Gasteiger partial charge is 0.307 e. The van der Waals surface area contributed by atoms with Gasteiger partial charge in [0.15, 0.2) is 0 Å². The quantitative estimate of drug-likeness (QED) is 0.168. The predicted octanol–water partition coefficient (Wildman–Crippen LogP) is 8.37. The van der Waals surface area contributed by atoms with Gasteiger partial charge in [-0.05, 0) is 43.4 Å². The van der Waals surface area contributed by atoms with Crippen LogP contribution in [0, 0.1) is 17.3 Å². The number of carboxylic acids is 1. The molecule has 0 aliphatic carbocycles. The van der Waals surface area contributed by atoms with Crippen molar-refractivity contribution in [3.05, 3.63) is 12.2 Å². The Labute approximate surface area is 187 Å². The van der Waals surface area contributed by atoms with Gasteiger partial charge in [-0.1, -0.05) is 98.1 Å². The zero-order valence-corrected chi connectivity index (χ0v) is 20.7. The highest BCUT2D eigenvalue weighted by Gasteiger charge is 2.30. The Balaban J connectivity index is 4.49. The molecule has 0 bridgehead atoms. The summed E-state index contributed by atoms with van der Waals surface area (Å²) in [5, 5.41) is 9.87. The van der Waals surface area contributed by atoms with Crippen LogP contribution >= 0.6 is 0 Å². The van der Waals surface area contributed by atoms with Crippen LogP contribution < -0.4 is 0 Å². The van der Waals surface area contributed by atoms with Gasteiger partial charge in [0.2, 0.25) is 0 Å². The average molecular weight is 423 g/mol. The largest absolute Gasteiger partial charge is 0.481 e. The van der Waals surface area contributed by atoms with Crippen molar-refractivity contribution in [3.63, 3.8) is 0 Å². The second-order valence-electron chi connectivity index (χ2n) is 10.2. The first kappa shape index (κ1) is 28.9. The summed E-state index contributed by atoms with van der Waals surface area (Å²) >= 11 is 0. The number of carboxylic acid groups (broad SMARTS) is 1. The van der Waals surface area contributed by atoms with Crippen molar-refractivity contribution < 1.29 is 14.7 Å². The SMILES string of the molecule is CCCCCCCC(/C=C/CCCCCCCC(=O)CC)C(CC(C)(C)C)C(=O)O. The highest BCUT2D eigenvalue weighted by molar-refractivity contribution is 5.77. The maximum atomic E-state index is 12.0. The van der Waals surface area contributed by atoms with Gasteiger partial charge in [0.25, 0.3) is 0 Å². The molecule has 0 aliphatic heterocycles. The molecule has 3 nitrogen and oxygen atoms in total. The monoisotopic (exact) mass is 422 g/mol. The van der Waals surface area contributed by atoms with Gasteiger partial charge in [0.05, 0.1) is 5.92 Å². The van der Waals surface area contributed by atoms with Crippen molar-refractivity contribution in [1.82, 2.24) is 0 Å². The van der Waals surface area contributed by atoms with Crippen LogP contribution in [0.2, 0.25) is 0 Å². The Hall–Kier alpha value is -1.12. The van der Waals surface area contributed by atoms with Crippen LogP contribution in [0.5, 0.6) is 0 Å². The number of hydrogen-bond acceptors (Lipinski definition) is 2. The molecule has 0 heterocycles. The highest BCUT2D eigenvalue weighted by atomic mass is 16.4. The lowest BCUT2D eigenvalue weighted by Crippen LogP contribution is -2.27. The molecule has 0 aromatic heterocycles. The first-order chi connectivity index (χ1) is 14.2. The zero-order valence-electron chi connectivity index (χ0n) is 20.7. The van der Waals surface area contributed by atoms with E-state index in [4.69, 9.17) is 0 Å². The Morgan fingerprint density at radius 3 is 2.07 bits per heavy atom. The van der Waals surface area contributed by atoms with Crippen molar-refractivity contribution in [3.8, 4) is 0 Å². The molecule has 30 heavy (non-hydrogen) atoms. The molecular weight excluding hydrogens is 372 g/mol. The van der Waals surface area contributed by atoms with Gasteiger partial charge in [-0.15, -0.1) is 0 Å². The average Bonchev–Trinajstić information content (AvgIpc) is 2.68. The lowest BCUT2D eigenvalue weighted by molar-refractivity contribution is -0.144. The van der Waals surface area contributed by atoms with E-state index in [9.17, 15) is 14.7 Å². The molecule has 0 radical (unpaired) electrons. The fourth-order valence-electron chi connectivity index (χ4n) is 4.06. The van der Waals surface area contributed by atoms with E-state index in [0.717, 1.165) is 51.4 Å². The Bertz CT molecular complexity index is 473. The van der Waals surface area contributed by atoms with Gasteiger partial charge >= 0.3 is 5.97 Å². The Kier molecular flexibility index (Phi) is 16.9. The van der Waals surface area contributed by atoms with Crippen molar-refractivity contribution in [1.29, 1.82) is 0 Å². The number of carbonyl (C=O) groups excluding carboxylic acids is 1. The molecule has 176 valence electrons. The standard InChI is InChI=1S/C27H50O3/c1-6-8-9-13-16-19-23(25(26(29)30)22-27(3,4)5)20-17-14-11-10-12-15-18-21-24(28)7-2/h17,20,23,25H,6-16,18-19,21-22H2,1-5H3,(H,29,30)/b20-17+. The molecule has 3 heteroatoms. The van der Waals surface area contributed by atoms with E-state index in [2.05, 4.69) is 39.8 Å². The first-order valence-corrected chi connectivity index (χ1v) is 12.6. The molecule has 0 aromatic carbocycles. The number of rotatable bonds is 19. The summed E-state index contributed by atoms with van der Waals surface area (Å²) in [6, 6.07) is 0. The molecule has 0 saturated heterocycles. The number of carbonyl (C=O) groups is 2. The van der Waals surface area contributed by atoms with Crippen molar-refractivity contribution in [2.45, 2.75) is 131 Å². The van der Waals surface area contributed by atoms with Gasteiger partial charge < -0.3 is 5.11 Å². The van der Waals surface area contributed by atoms with E-state index in [-0.39, 0.29) is 17.3 Å². The molecule has 2 atom stereocenters. The highest BCUT2D eigenvalue weighted by Crippen LogP contribution is 2.33. The number of hydrogen-bond donors (Lipinski definition) is 1. The molecule has 0 saturated carbocycles. The second kappa shape index (κ2) is 17.5. The van der Waals surface area contributed by atoms with E-state index >= 15 is 0 Å². The first-order valence-electron chi connectivity index (χ1n) is 12.6. The molecule has 0 aliphatic rings. The zero-order chi connectivity index (χ0) is 22.8. The van der Waals surface area contributed by atoms with Gasteiger partial charge in [0.1, 0.15) is 5.78 Å². The van der Waals surface area contributed by atoms with E-state index in [1.165, 1.54) is 38.5 Å². The Morgan fingerprint density at radius 2 is 1.47 bits per heavy atom. The van der Waals surface area contributed by atoms with Gasteiger partial charge in [0, 0.05) is 12.8 Å². The molecule has 0 aromatic rings. The molecule has 2 unspecified atom stereocenters. The third-order valence-electron chi connectivity index (χ3n) is 5.91. The Morgan fingerprint density at radius 1 is 0.867 bits per heavy atom. The summed E-state index contributed by atoms with van der Waals surface area (Å²) in [4.78, 5) is 23.3. The summed E-state index contributed by atoms with van der Waals surface area (Å²) in [6.07, 6.45) is 20.4. The summed E-state index contributed by atoms with van der Waals surface area (Å²) in [6.45, 7) is 10.6. The number of aliphatic carboxylic acids is 1. The summed E-state index contributed by atoms with van der Waals surface area (Å²) in [5.74, 6) is -0.413. The fraction of sp³-hybridized carbons (Fsp3) is 0.852. The molecule has 0 rings (SSSR count). The van der Waals surface area contributed by atoms with Crippen molar-refractivity contribution in [2.24, 2.45) is 17.3 Å². The van der Waals surface area contributed by atoms with E-state index in [1.54, 1.807) is 0 Å². The van der Waals surface area contributed by atoms with Gasteiger partial charge in [-0.25, -0.2) is 0 Å². The molecule has 0 amide bonds. The van der Waals surface area contributed by atoms with Crippen LogP contribution in [-0.2, 0) is 9.59 Å². The minimum absolute atomic E-state index is 0.0243. The number of Topliss-reactive ketones (excluding diaryl/α,β-unsaturated/α-hetero) is 1. The summed E-state index contributed by atoms with van der Waals surface area (Å²) in [5.41, 5.74) is 0.0243. The third kappa shape index (κ3) is 16.7. The van der Waals surface area contributed by atoms with Crippen LogP contribution in [0.15, 0.2) is 12.2 Å². The van der Waals surface area contributed by atoms with E-state index in [1.807, 2.05) is 6.92 Å². The topological polar surface area (TPSA) is 54.4 Å². The van der Waals surface area contributed by atoms with Crippen LogP contribution in [-0.4, -0.2) is 16.9 Å². The maximum absolute atomic E-state index is 12.0. The minimum Gasteiger partial charge on any atom is -0.481 e. The molecular formula is C27H50O3. The molecule has 0 fully saturated rings. The predicted molar refractivity (Wildman–Crippen MR) is 129 cm³/mol. The van der Waals surface area contributed by atoms with Gasteiger partial charge in [-0.3, -0.25) is 9.59 Å². The van der Waals surface area contributed by atoms with Gasteiger partial charge in [-0.2, -0.15) is 0 Å². The van der Waals surface area contributed by atoms with Crippen LogP contribution in [0.4, 0.5) is 0 Å². The maximum Gasteiger partial charge on any atom is 0.307 e. The number of allylic oxidation sites excluding steroid dienone is 2. The van der Waals surface area contributed by atoms with Crippen LogP contribution in [0.1, 0.15) is 131 Å². The molecule has 1 N–H and O–H groups in total. The third-order valence-corrected chi connectivity index (χ3v) is 5.91. The normalized spacial score (nSPS) is 14.2. The lowest BCUT2D eigenvalue weighted by Gasteiger charge is -2.28. The number of ketones is 1.